The maximum Gasteiger partial charge on any atom is 0.146 e. The first-order valence-corrected chi connectivity index (χ1v) is 8.44. The Balaban J connectivity index is 1.77. The van der Waals surface area contributed by atoms with Gasteiger partial charge >= 0.3 is 0 Å². The molecule has 0 saturated carbocycles. The van der Waals surface area contributed by atoms with Crippen LogP contribution >= 0.6 is 0 Å². The highest BCUT2D eigenvalue weighted by molar-refractivity contribution is 5.72. The Labute approximate surface area is 147 Å². The molecule has 0 amide bonds. The molecule has 0 spiro atoms. The molecule has 0 fully saturated rings. The summed E-state index contributed by atoms with van der Waals surface area (Å²) in [7, 11) is 2.16. The van der Waals surface area contributed by atoms with E-state index in [-0.39, 0.29) is 0 Å². The second-order valence-corrected chi connectivity index (χ2v) is 6.41. The summed E-state index contributed by atoms with van der Waals surface area (Å²) >= 11 is 0. The van der Waals surface area contributed by atoms with E-state index >= 15 is 0 Å². The number of rotatable bonds is 2. The summed E-state index contributed by atoms with van der Waals surface area (Å²) in [5, 5.41) is 8.19. The summed E-state index contributed by atoms with van der Waals surface area (Å²) < 4.78 is 0. The predicted octanol–water partition coefficient (Wildman–Crippen LogP) is 3.31. The molecule has 0 bridgehead atoms. The molecule has 5 heteroatoms. The molecular weight excluding hydrogens is 310 g/mol. The van der Waals surface area contributed by atoms with E-state index in [0.29, 0.717) is 5.82 Å². The number of fused-ring (bicyclic) bond motifs is 1. The highest BCUT2D eigenvalue weighted by Crippen LogP contribution is 2.33. The van der Waals surface area contributed by atoms with Gasteiger partial charge in [-0.1, -0.05) is 24.3 Å². The average Bonchev–Trinajstić information content (AvgIpc) is 2.80. The van der Waals surface area contributed by atoms with Crippen molar-refractivity contribution in [1.29, 1.82) is 0 Å². The third-order valence-electron chi connectivity index (χ3n) is 4.56. The lowest BCUT2D eigenvalue weighted by molar-refractivity contribution is 0.343. The molecule has 5 nitrogen and oxygen atoms in total. The minimum atomic E-state index is 0.438. The van der Waals surface area contributed by atoms with Crippen LogP contribution < -0.4 is 10.6 Å². The zero-order chi connectivity index (χ0) is 17.2. The lowest BCUT2D eigenvalue weighted by Gasteiger charge is -2.25. The van der Waals surface area contributed by atoms with Gasteiger partial charge in [-0.15, -0.1) is 10.2 Å². The smallest absolute Gasteiger partial charge is 0.146 e. The number of hydrogen-bond donors (Lipinski definition) is 1. The molecule has 126 valence electrons. The van der Waals surface area contributed by atoms with Crippen molar-refractivity contribution in [1.82, 2.24) is 15.1 Å². The van der Waals surface area contributed by atoms with Gasteiger partial charge in [0, 0.05) is 36.6 Å². The van der Waals surface area contributed by atoms with Gasteiger partial charge in [0.1, 0.15) is 5.82 Å². The van der Waals surface area contributed by atoms with Gasteiger partial charge < -0.3 is 15.5 Å². The number of nitrogens with two attached hydrogens (primary N) is 1. The van der Waals surface area contributed by atoms with Crippen molar-refractivity contribution in [2.45, 2.75) is 6.54 Å². The van der Waals surface area contributed by atoms with Crippen LogP contribution in [0.3, 0.4) is 0 Å². The van der Waals surface area contributed by atoms with Crippen LogP contribution in [0.15, 0.2) is 60.7 Å². The molecule has 2 aromatic carbocycles. The number of benzene rings is 2. The lowest BCUT2D eigenvalue weighted by atomic mass is 10.0. The maximum absolute atomic E-state index is 5.65. The van der Waals surface area contributed by atoms with E-state index in [1.807, 2.05) is 6.07 Å². The predicted molar refractivity (Wildman–Crippen MR) is 102 cm³/mol. The first-order chi connectivity index (χ1) is 12.2. The van der Waals surface area contributed by atoms with Crippen LogP contribution in [0.4, 0.5) is 17.2 Å². The molecule has 2 N–H and O–H groups in total. The Hall–Kier alpha value is -2.92. The molecule has 0 atom stereocenters. The molecule has 4 rings (SSSR count). The van der Waals surface area contributed by atoms with E-state index in [1.165, 1.54) is 16.9 Å². The quantitative estimate of drug-likeness (QED) is 0.781. The summed E-state index contributed by atoms with van der Waals surface area (Å²) in [6, 6.07) is 20.8. The lowest BCUT2D eigenvalue weighted by Crippen LogP contribution is -2.26. The number of nitrogens with zero attached hydrogens (tertiary/aromatic N) is 4. The zero-order valence-electron chi connectivity index (χ0n) is 14.3. The molecule has 2 heterocycles. The fourth-order valence-corrected chi connectivity index (χ4v) is 3.27. The standard InChI is InChI=1S/C20H21N5/c1-24-11-12-25(17-5-3-2-4-6-17)19-9-7-15(13-16(19)14-24)18-8-10-20(21)23-22-18/h2-10,13H,11-12,14H2,1H3,(H2,21,23). The van der Waals surface area contributed by atoms with E-state index < -0.39 is 0 Å². The molecule has 1 aliphatic rings. The van der Waals surface area contributed by atoms with Crippen LogP contribution in [-0.2, 0) is 6.54 Å². The Kier molecular flexibility index (Phi) is 4.07. The number of aromatic nitrogens is 2. The Morgan fingerprint density at radius 1 is 0.920 bits per heavy atom. The van der Waals surface area contributed by atoms with Crippen molar-refractivity contribution in [3.05, 3.63) is 66.2 Å². The SMILES string of the molecule is CN1CCN(c2ccccc2)c2ccc(-c3ccc(N)nn3)cc2C1. The van der Waals surface area contributed by atoms with E-state index in [9.17, 15) is 0 Å². The minimum Gasteiger partial charge on any atom is -0.382 e. The molecule has 0 aliphatic carbocycles. The summed E-state index contributed by atoms with van der Waals surface area (Å²) in [5.74, 6) is 0.438. The number of anilines is 3. The number of para-hydroxylation sites is 1. The fraction of sp³-hybridized carbons (Fsp3) is 0.200. The van der Waals surface area contributed by atoms with Gasteiger partial charge in [-0.2, -0.15) is 0 Å². The molecule has 1 aromatic heterocycles. The molecule has 3 aromatic rings. The van der Waals surface area contributed by atoms with Crippen LogP contribution in [0.2, 0.25) is 0 Å². The highest BCUT2D eigenvalue weighted by Gasteiger charge is 2.19. The van der Waals surface area contributed by atoms with Crippen molar-refractivity contribution < 1.29 is 0 Å². The second-order valence-electron chi connectivity index (χ2n) is 6.41. The highest BCUT2D eigenvalue weighted by atomic mass is 15.2. The normalized spacial score (nSPS) is 14.8. The van der Waals surface area contributed by atoms with Gasteiger partial charge in [-0.25, -0.2) is 0 Å². The Bertz CT molecular complexity index is 861. The van der Waals surface area contributed by atoms with Gasteiger partial charge in [0.05, 0.1) is 5.69 Å². The monoisotopic (exact) mass is 331 g/mol. The van der Waals surface area contributed by atoms with Crippen LogP contribution in [0.5, 0.6) is 0 Å². The molecule has 0 unspecified atom stereocenters. The van der Waals surface area contributed by atoms with E-state index in [1.54, 1.807) is 6.07 Å². The first-order valence-electron chi connectivity index (χ1n) is 8.44. The number of nitrogen functional groups attached to an aromatic ring is 1. The second kappa shape index (κ2) is 6.53. The van der Waals surface area contributed by atoms with Crippen LogP contribution in [-0.4, -0.2) is 35.2 Å². The van der Waals surface area contributed by atoms with Gasteiger partial charge in [0.15, 0.2) is 0 Å². The van der Waals surface area contributed by atoms with Gasteiger partial charge in [0.25, 0.3) is 0 Å². The summed E-state index contributed by atoms with van der Waals surface area (Å²) in [5.41, 5.74) is 11.3. The van der Waals surface area contributed by atoms with Gasteiger partial charge in [0.2, 0.25) is 0 Å². The van der Waals surface area contributed by atoms with Crippen molar-refractivity contribution in [2.75, 3.05) is 30.8 Å². The van der Waals surface area contributed by atoms with Crippen LogP contribution in [0.25, 0.3) is 11.3 Å². The third kappa shape index (κ3) is 3.19. The maximum atomic E-state index is 5.65. The van der Waals surface area contributed by atoms with Crippen molar-refractivity contribution in [2.24, 2.45) is 0 Å². The van der Waals surface area contributed by atoms with Crippen molar-refractivity contribution >= 4 is 17.2 Å². The van der Waals surface area contributed by atoms with Crippen molar-refractivity contribution in [3.8, 4) is 11.3 Å². The molecule has 1 aliphatic heterocycles. The zero-order valence-corrected chi connectivity index (χ0v) is 14.3. The fourth-order valence-electron chi connectivity index (χ4n) is 3.27. The molecule has 0 saturated heterocycles. The summed E-state index contributed by atoms with van der Waals surface area (Å²) in [6.45, 7) is 2.89. The summed E-state index contributed by atoms with van der Waals surface area (Å²) in [6.07, 6.45) is 0. The largest absolute Gasteiger partial charge is 0.382 e. The first kappa shape index (κ1) is 15.6. The Morgan fingerprint density at radius 3 is 2.52 bits per heavy atom. The summed E-state index contributed by atoms with van der Waals surface area (Å²) in [4.78, 5) is 4.73. The number of hydrogen-bond acceptors (Lipinski definition) is 5. The molecular formula is C20H21N5. The van der Waals surface area contributed by atoms with Crippen LogP contribution in [0.1, 0.15) is 5.56 Å². The average molecular weight is 331 g/mol. The third-order valence-corrected chi connectivity index (χ3v) is 4.56. The Morgan fingerprint density at radius 2 is 1.76 bits per heavy atom. The van der Waals surface area contributed by atoms with Crippen LogP contribution in [0, 0.1) is 0 Å². The number of likely N-dealkylation sites (N-methyl/N-ethyl adjacent to an activating group) is 1. The van der Waals surface area contributed by atoms with Gasteiger partial charge in [-0.05, 0) is 49.0 Å². The molecule has 25 heavy (non-hydrogen) atoms. The van der Waals surface area contributed by atoms with E-state index in [4.69, 9.17) is 5.73 Å². The van der Waals surface area contributed by atoms with Gasteiger partial charge in [-0.3, -0.25) is 0 Å². The topological polar surface area (TPSA) is 58.3 Å². The minimum absolute atomic E-state index is 0.438. The molecule has 0 radical (unpaired) electrons. The van der Waals surface area contributed by atoms with E-state index in [2.05, 4.69) is 75.6 Å². The van der Waals surface area contributed by atoms with Crippen molar-refractivity contribution in [3.63, 3.8) is 0 Å². The van der Waals surface area contributed by atoms with E-state index in [0.717, 1.165) is 30.9 Å².